The summed E-state index contributed by atoms with van der Waals surface area (Å²) in [4.78, 5) is 0.316. The van der Waals surface area contributed by atoms with E-state index in [9.17, 15) is 8.42 Å². The third-order valence-corrected chi connectivity index (χ3v) is 4.82. The maximum atomic E-state index is 12.1. The fourth-order valence-electron chi connectivity index (χ4n) is 1.59. The summed E-state index contributed by atoms with van der Waals surface area (Å²) in [6.07, 6.45) is 1.79. The highest BCUT2D eigenvalue weighted by Gasteiger charge is 2.18. The van der Waals surface area contributed by atoms with Gasteiger partial charge in [-0.15, -0.1) is 0 Å². The summed E-state index contributed by atoms with van der Waals surface area (Å²) >= 11 is 0. The fourth-order valence-corrected chi connectivity index (χ4v) is 2.98. The number of benzene rings is 1. The molecule has 0 aliphatic rings. The first-order valence-corrected chi connectivity index (χ1v) is 8.16. The summed E-state index contributed by atoms with van der Waals surface area (Å²) in [5.41, 5.74) is 6.57. The first kappa shape index (κ1) is 16.1. The molecule has 1 aromatic carbocycles. The molecule has 0 fully saturated rings. The molecule has 0 spiro atoms. The molecule has 0 aliphatic carbocycles. The van der Waals surface area contributed by atoms with Crippen molar-refractivity contribution in [1.82, 2.24) is 4.72 Å². The number of hydrogen-bond acceptors (Lipinski definition) is 3. The maximum Gasteiger partial charge on any atom is 0.240 e. The van der Waals surface area contributed by atoms with Crippen LogP contribution in [0.4, 0.5) is 0 Å². The van der Waals surface area contributed by atoms with E-state index >= 15 is 0 Å². The molecule has 0 heterocycles. The first-order chi connectivity index (χ1) is 8.86. The summed E-state index contributed by atoms with van der Waals surface area (Å²) in [5.74, 6) is 0.263. The lowest BCUT2D eigenvalue weighted by Crippen LogP contribution is -2.36. The van der Waals surface area contributed by atoms with Gasteiger partial charge in [0.1, 0.15) is 0 Å². The molecule has 1 unspecified atom stereocenters. The first-order valence-electron chi connectivity index (χ1n) is 6.68. The highest BCUT2D eigenvalue weighted by molar-refractivity contribution is 7.89. The molecule has 19 heavy (non-hydrogen) atoms. The van der Waals surface area contributed by atoms with Crippen LogP contribution in [0, 0.1) is 5.92 Å². The van der Waals surface area contributed by atoms with Gasteiger partial charge < -0.3 is 5.73 Å². The minimum absolute atomic E-state index is 0.0816. The molecule has 0 aliphatic heterocycles. The number of rotatable bonds is 7. The Bertz CT molecular complexity index is 481. The van der Waals surface area contributed by atoms with E-state index in [1.807, 2.05) is 32.9 Å². The Morgan fingerprint density at radius 2 is 1.74 bits per heavy atom. The molecule has 0 radical (unpaired) electrons. The van der Waals surface area contributed by atoms with Crippen molar-refractivity contribution in [3.8, 4) is 0 Å². The topological polar surface area (TPSA) is 72.2 Å². The molecule has 1 atom stereocenters. The van der Waals surface area contributed by atoms with Gasteiger partial charge in [-0.1, -0.05) is 26.0 Å². The van der Waals surface area contributed by atoms with Crippen molar-refractivity contribution < 1.29 is 8.42 Å². The third-order valence-electron chi connectivity index (χ3n) is 3.24. The molecule has 4 nitrogen and oxygen atoms in total. The van der Waals surface area contributed by atoms with Gasteiger partial charge in [0.15, 0.2) is 0 Å². The van der Waals surface area contributed by atoms with E-state index < -0.39 is 10.0 Å². The Morgan fingerprint density at radius 3 is 2.21 bits per heavy atom. The van der Waals surface area contributed by atoms with E-state index in [0.717, 1.165) is 18.4 Å². The van der Waals surface area contributed by atoms with Crippen LogP contribution in [0.3, 0.4) is 0 Å². The van der Waals surface area contributed by atoms with Gasteiger partial charge in [0, 0.05) is 6.04 Å². The maximum absolute atomic E-state index is 12.1. The molecule has 0 saturated carbocycles. The van der Waals surface area contributed by atoms with Crippen molar-refractivity contribution in [2.45, 2.75) is 44.6 Å². The smallest absolute Gasteiger partial charge is 0.240 e. The molecule has 0 saturated heterocycles. The molecule has 0 bridgehead atoms. The predicted octanol–water partition coefficient (Wildman–Crippen LogP) is 1.90. The Labute approximate surface area is 116 Å². The molecule has 1 rings (SSSR count). The molecule has 5 heteroatoms. The molecule has 0 amide bonds. The Balaban J connectivity index is 2.79. The highest BCUT2D eigenvalue weighted by atomic mass is 32.2. The van der Waals surface area contributed by atoms with Crippen LogP contribution in [-0.2, 0) is 16.4 Å². The summed E-state index contributed by atoms with van der Waals surface area (Å²) in [6.45, 7) is 6.50. The van der Waals surface area contributed by atoms with Gasteiger partial charge in [-0.25, -0.2) is 13.1 Å². The summed E-state index contributed by atoms with van der Waals surface area (Å²) in [6, 6.07) is 6.93. The number of nitrogens with one attached hydrogen (secondary N) is 1. The van der Waals surface area contributed by atoms with Crippen molar-refractivity contribution in [2.24, 2.45) is 11.7 Å². The van der Waals surface area contributed by atoms with Gasteiger partial charge in [0.2, 0.25) is 10.0 Å². The van der Waals surface area contributed by atoms with E-state index in [-0.39, 0.29) is 12.0 Å². The molecular weight excluding hydrogens is 260 g/mol. The molecule has 108 valence electrons. The molecular formula is C14H24N2O2S. The van der Waals surface area contributed by atoms with E-state index in [4.69, 9.17) is 5.73 Å². The average molecular weight is 284 g/mol. The lowest BCUT2D eigenvalue weighted by atomic mass is 10.1. The van der Waals surface area contributed by atoms with Gasteiger partial charge in [0.05, 0.1) is 4.90 Å². The third kappa shape index (κ3) is 4.93. The molecule has 0 aromatic heterocycles. The largest absolute Gasteiger partial charge is 0.330 e. The second-order valence-corrected chi connectivity index (χ2v) is 6.90. The van der Waals surface area contributed by atoms with Crippen LogP contribution in [0.5, 0.6) is 0 Å². The van der Waals surface area contributed by atoms with Crippen molar-refractivity contribution >= 4 is 10.0 Å². The minimum atomic E-state index is -3.42. The minimum Gasteiger partial charge on any atom is -0.330 e. The zero-order valence-electron chi connectivity index (χ0n) is 11.9. The Hall–Kier alpha value is -0.910. The van der Waals surface area contributed by atoms with Crippen molar-refractivity contribution in [3.05, 3.63) is 29.8 Å². The van der Waals surface area contributed by atoms with Crippen LogP contribution in [0.25, 0.3) is 0 Å². The number of nitrogens with two attached hydrogens (primary N) is 1. The van der Waals surface area contributed by atoms with Gasteiger partial charge in [-0.2, -0.15) is 0 Å². The van der Waals surface area contributed by atoms with Crippen molar-refractivity contribution in [1.29, 1.82) is 0 Å². The molecule has 1 aromatic rings. The predicted molar refractivity (Wildman–Crippen MR) is 78.4 cm³/mol. The second-order valence-electron chi connectivity index (χ2n) is 5.19. The van der Waals surface area contributed by atoms with Crippen LogP contribution in [-0.4, -0.2) is 21.0 Å². The normalized spacial score (nSPS) is 13.7. The van der Waals surface area contributed by atoms with Gasteiger partial charge in [-0.05, 0) is 49.9 Å². The van der Waals surface area contributed by atoms with E-state index in [1.54, 1.807) is 12.1 Å². The van der Waals surface area contributed by atoms with Crippen LogP contribution >= 0.6 is 0 Å². The average Bonchev–Trinajstić information content (AvgIpc) is 2.36. The lowest BCUT2D eigenvalue weighted by molar-refractivity contribution is 0.476. The van der Waals surface area contributed by atoms with Gasteiger partial charge >= 0.3 is 0 Å². The second kappa shape index (κ2) is 7.03. The monoisotopic (exact) mass is 284 g/mol. The zero-order chi connectivity index (χ0) is 14.5. The highest BCUT2D eigenvalue weighted by Crippen LogP contribution is 2.13. The van der Waals surface area contributed by atoms with E-state index in [1.165, 1.54) is 0 Å². The van der Waals surface area contributed by atoms with Gasteiger partial charge in [-0.3, -0.25) is 0 Å². The quantitative estimate of drug-likeness (QED) is 0.803. The van der Waals surface area contributed by atoms with Crippen molar-refractivity contribution in [2.75, 3.05) is 6.54 Å². The standard InChI is InChI=1S/C14H24N2O2S/c1-11(2)12(3)16-19(17,18)14-8-6-13(7-9-14)5-4-10-15/h6-9,11-12,16H,4-5,10,15H2,1-3H3. The van der Waals surface area contributed by atoms with E-state index in [2.05, 4.69) is 4.72 Å². The van der Waals surface area contributed by atoms with Crippen LogP contribution in [0.2, 0.25) is 0 Å². The van der Waals surface area contributed by atoms with Crippen LogP contribution in [0.1, 0.15) is 32.8 Å². The zero-order valence-corrected chi connectivity index (χ0v) is 12.7. The SMILES string of the molecule is CC(C)C(C)NS(=O)(=O)c1ccc(CCCN)cc1. The summed E-state index contributed by atoms with van der Waals surface area (Å²) in [5, 5.41) is 0. The van der Waals surface area contributed by atoms with Crippen LogP contribution in [0.15, 0.2) is 29.2 Å². The molecule has 3 N–H and O–H groups in total. The summed E-state index contributed by atoms with van der Waals surface area (Å²) in [7, 11) is -3.42. The Kier molecular flexibility index (Phi) is 5.97. The number of hydrogen-bond donors (Lipinski definition) is 2. The fraction of sp³-hybridized carbons (Fsp3) is 0.571. The van der Waals surface area contributed by atoms with Crippen molar-refractivity contribution in [3.63, 3.8) is 0 Å². The summed E-state index contributed by atoms with van der Waals surface area (Å²) < 4.78 is 27.0. The van der Waals surface area contributed by atoms with Gasteiger partial charge in [0.25, 0.3) is 0 Å². The number of sulfonamides is 1. The van der Waals surface area contributed by atoms with Crippen LogP contribution < -0.4 is 10.5 Å². The van der Waals surface area contributed by atoms with E-state index in [0.29, 0.717) is 11.4 Å². The lowest BCUT2D eigenvalue weighted by Gasteiger charge is -2.17. The number of aryl methyl sites for hydroxylation is 1. The Morgan fingerprint density at radius 1 is 1.16 bits per heavy atom.